The molecule has 0 aromatic heterocycles. The van der Waals surface area contributed by atoms with Crippen molar-refractivity contribution in [3.63, 3.8) is 0 Å². The summed E-state index contributed by atoms with van der Waals surface area (Å²) < 4.78 is 70.5. The van der Waals surface area contributed by atoms with Crippen LogP contribution in [0.25, 0.3) is 0 Å². The maximum atomic E-state index is 13.8. The molecule has 8 heteroatoms. The zero-order chi connectivity index (χ0) is 16.5. The summed E-state index contributed by atoms with van der Waals surface area (Å²) in [5.74, 6) is -7.37. The van der Waals surface area contributed by atoms with Crippen LogP contribution in [0.5, 0.6) is 5.75 Å². The number of carboxylic acid groups (broad SMARTS) is 1. The number of benzene rings is 2. The monoisotopic (exact) mass is 318 g/mol. The van der Waals surface area contributed by atoms with E-state index < -0.39 is 40.8 Å². The third-order valence-corrected chi connectivity index (χ3v) is 2.67. The molecule has 0 aliphatic heterocycles. The van der Waals surface area contributed by atoms with Crippen LogP contribution in [0.3, 0.4) is 0 Å². The van der Waals surface area contributed by atoms with Gasteiger partial charge in [0.15, 0.2) is 17.5 Å². The summed E-state index contributed by atoms with van der Waals surface area (Å²) in [6.45, 7) is 0. The van der Waals surface area contributed by atoms with Crippen molar-refractivity contribution < 1.29 is 36.6 Å². The van der Waals surface area contributed by atoms with Gasteiger partial charge in [-0.3, -0.25) is 0 Å². The predicted octanol–water partition coefficient (Wildman–Crippen LogP) is 3.93. The lowest BCUT2D eigenvalue weighted by Crippen LogP contribution is -2.22. The van der Waals surface area contributed by atoms with Crippen molar-refractivity contribution in [3.8, 4) is 5.75 Å². The minimum atomic E-state index is -3.99. The average Bonchev–Trinajstić information content (AvgIpc) is 2.44. The largest absolute Gasteiger partial charge is 0.478 e. The van der Waals surface area contributed by atoms with Crippen molar-refractivity contribution in [1.82, 2.24) is 0 Å². The normalized spacial score (nSPS) is 11.3. The standard InChI is InChI=1S/C14H7F5O3/c15-10-5-9(6-11(16)12(10)17)22-14(18,19)8-3-1-7(2-4-8)13(20)21/h1-6H,(H,20,21). The Hall–Kier alpha value is -2.64. The topological polar surface area (TPSA) is 46.5 Å². The first kappa shape index (κ1) is 15.7. The van der Waals surface area contributed by atoms with Crippen LogP contribution >= 0.6 is 0 Å². The molecule has 2 aromatic rings. The lowest BCUT2D eigenvalue weighted by atomic mass is 10.1. The number of alkyl halides is 2. The quantitative estimate of drug-likeness (QED) is 0.686. The summed E-state index contributed by atoms with van der Waals surface area (Å²) >= 11 is 0. The van der Waals surface area contributed by atoms with Crippen molar-refractivity contribution >= 4 is 5.97 Å². The predicted molar refractivity (Wildman–Crippen MR) is 64.2 cm³/mol. The van der Waals surface area contributed by atoms with Gasteiger partial charge in [0.1, 0.15) is 5.75 Å². The Balaban J connectivity index is 2.29. The molecule has 116 valence electrons. The second-order valence-corrected chi connectivity index (χ2v) is 4.20. The van der Waals surface area contributed by atoms with E-state index in [1.54, 1.807) is 0 Å². The molecule has 0 heterocycles. The highest BCUT2D eigenvalue weighted by molar-refractivity contribution is 5.87. The average molecular weight is 318 g/mol. The van der Waals surface area contributed by atoms with E-state index in [9.17, 15) is 26.7 Å². The number of hydrogen-bond acceptors (Lipinski definition) is 2. The number of carbonyl (C=O) groups is 1. The molecule has 0 amide bonds. The van der Waals surface area contributed by atoms with Gasteiger partial charge in [0, 0.05) is 12.1 Å². The Labute approximate surface area is 120 Å². The summed E-state index contributed by atoms with van der Waals surface area (Å²) in [5.41, 5.74) is -0.957. The zero-order valence-electron chi connectivity index (χ0n) is 10.6. The number of rotatable bonds is 4. The fraction of sp³-hybridized carbons (Fsp3) is 0.0714. The molecule has 3 nitrogen and oxygen atoms in total. The summed E-state index contributed by atoms with van der Waals surface area (Å²) in [5, 5.41) is 8.66. The highest BCUT2D eigenvalue weighted by Gasteiger charge is 2.35. The van der Waals surface area contributed by atoms with Gasteiger partial charge in [0.2, 0.25) is 0 Å². The molecule has 1 N–H and O–H groups in total. The summed E-state index contributed by atoms with van der Waals surface area (Å²) in [4.78, 5) is 10.6. The van der Waals surface area contributed by atoms with Crippen LogP contribution in [0.15, 0.2) is 36.4 Å². The lowest BCUT2D eigenvalue weighted by molar-refractivity contribution is -0.185. The first-order valence-corrected chi connectivity index (χ1v) is 5.76. The van der Waals surface area contributed by atoms with Crippen LogP contribution in [0.2, 0.25) is 0 Å². The van der Waals surface area contributed by atoms with E-state index in [2.05, 4.69) is 4.74 Å². The van der Waals surface area contributed by atoms with Crippen molar-refractivity contribution in [1.29, 1.82) is 0 Å². The van der Waals surface area contributed by atoms with Crippen LogP contribution < -0.4 is 4.74 Å². The molecule has 0 saturated carbocycles. The van der Waals surface area contributed by atoms with Crippen molar-refractivity contribution in [2.45, 2.75) is 6.11 Å². The third kappa shape index (κ3) is 3.16. The molecule has 0 unspecified atom stereocenters. The highest BCUT2D eigenvalue weighted by atomic mass is 19.3. The fourth-order valence-electron chi connectivity index (χ4n) is 1.60. The number of carboxylic acids is 1. The zero-order valence-corrected chi connectivity index (χ0v) is 10.6. The molecule has 0 saturated heterocycles. The number of hydrogen-bond donors (Lipinski definition) is 1. The van der Waals surface area contributed by atoms with Gasteiger partial charge in [-0.15, -0.1) is 0 Å². The highest BCUT2D eigenvalue weighted by Crippen LogP contribution is 2.32. The Morgan fingerprint density at radius 2 is 1.50 bits per heavy atom. The van der Waals surface area contributed by atoms with Crippen molar-refractivity contribution in [3.05, 3.63) is 65.0 Å². The van der Waals surface area contributed by atoms with Gasteiger partial charge in [0.25, 0.3) is 0 Å². The molecular formula is C14H7F5O3. The minimum absolute atomic E-state index is 0.224. The van der Waals surface area contributed by atoms with Gasteiger partial charge in [-0.05, 0) is 24.3 Å². The van der Waals surface area contributed by atoms with Crippen molar-refractivity contribution in [2.24, 2.45) is 0 Å². The maximum Gasteiger partial charge on any atom is 0.426 e. The lowest BCUT2D eigenvalue weighted by Gasteiger charge is -2.18. The van der Waals surface area contributed by atoms with Crippen LogP contribution in [0.4, 0.5) is 22.0 Å². The Morgan fingerprint density at radius 3 is 1.95 bits per heavy atom. The van der Waals surface area contributed by atoms with E-state index >= 15 is 0 Å². The smallest absolute Gasteiger partial charge is 0.426 e. The Bertz CT molecular complexity index is 690. The van der Waals surface area contributed by atoms with Gasteiger partial charge in [-0.2, -0.15) is 8.78 Å². The Kier molecular flexibility index (Phi) is 4.03. The summed E-state index contributed by atoms with van der Waals surface area (Å²) in [6, 6.07) is 3.97. The summed E-state index contributed by atoms with van der Waals surface area (Å²) in [7, 11) is 0. The Morgan fingerprint density at radius 1 is 1.00 bits per heavy atom. The van der Waals surface area contributed by atoms with Crippen LogP contribution in [0.1, 0.15) is 15.9 Å². The minimum Gasteiger partial charge on any atom is -0.478 e. The second-order valence-electron chi connectivity index (χ2n) is 4.20. The van der Waals surface area contributed by atoms with Crippen molar-refractivity contribution in [2.75, 3.05) is 0 Å². The van der Waals surface area contributed by atoms with Crippen LogP contribution in [-0.4, -0.2) is 11.1 Å². The van der Waals surface area contributed by atoms with Gasteiger partial charge in [0.05, 0.1) is 11.1 Å². The number of halogens is 5. The van der Waals surface area contributed by atoms with Crippen LogP contribution in [0, 0.1) is 17.5 Å². The molecule has 2 aromatic carbocycles. The number of aromatic carboxylic acids is 1. The fourth-order valence-corrected chi connectivity index (χ4v) is 1.60. The molecule has 0 radical (unpaired) electrons. The van der Waals surface area contributed by atoms with E-state index in [-0.39, 0.29) is 17.7 Å². The molecule has 0 fully saturated rings. The first-order chi connectivity index (χ1) is 10.2. The molecule has 0 aliphatic carbocycles. The van der Waals surface area contributed by atoms with Gasteiger partial charge >= 0.3 is 12.1 Å². The van der Waals surface area contributed by atoms with E-state index in [1.807, 2.05) is 0 Å². The second kappa shape index (κ2) is 5.63. The van der Waals surface area contributed by atoms with E-state index in [0.29, 0.717) is 0 Å². The number of ether oxygens (including phenoxy) is 1. The molecular weight excluding hydrogens is 311 g/mol. The van der Waals surface area contributed by atoms with Gasteiger partial charge in [-0.1, -0.05) is 0 Å². The van der Waals surface area contributed by atoms with Gasteiger partial charge in [-0.25, -0.2) is 18.0 Å². The molecule has 22 heavy (non-hydrogen) atoms. The third-order valence-electron chi connectivity index (χ3n) is 2.67. The van der Waals surface area contributed by atoms with E-state index in [4.69, 9.17) is 5.11 Å². The van der Waals surface area contributed by atoms with Gasteiger partial charge < -0.3 is 9.84 Å². The summed E-state index contributed by atoms with van der Waals surface area (Å²) in [6.07, 6.45) is -3.99. The van der Waals surface area contributed by atoms with Crippen LogP contribution in [-0.2, 0) is 6.11 Å². The molecule has 0 bridgehead atoms. The molecule has 0 spiro atoms. The molecule has 0 aliphatic rings. The molecule has 0 atom stereocenters. The van der Waals surface area contributed by atoms with E-state index in [1.165, 1.54) is 0 Å². The molecule has 2 rings (SSSR count). The maximum absolute atomic E-state index is 13.8. The van der Waals surface area contributed by atoms with E-state index in [0.717, 1.165) is 24.3 Å². The SMILES string of the molecule is O=C(O)c1ccc(C(F)(F)Oc2cc(F)c(F)c(F)c2)cc1. The first-order valence-electron chi connectivity index (χ1n) is 5.76.